The second-order valence-corrected chi connectivity index (χ2v) is 3.97. The van der Waals surface area contributed by atoms with E-state index in [-0.39, 0.29) is 18.6 Å². The summed E-state index contributed by atoms with van der Waals surface area (Å²) in [6.45, 7) is 0.517. The van der Waals surface area contributed by atoms with Crippen molar-refractivity contribution in [1.82, 2.24) is 5.32 Å². The SMILES string of the molecule is [B]C(=O)NC(Cc1cc(F)cc(F)c1)[C@H]1CO1. The molecule has 0 saturated carbocycles. The zero-order chi connectivity index (χ0) is 12.4. The number of epoxide rings is 1. The Morgan fingerprint density at radius 3 is 2.53 bits per heavy atom. The molecule has 0 bridgehead atoms. The number of hydrogen-bond acceptors (Lipinski definition) is 2. The summed E-state index contributed by atoms with van der Waals surface area (Å²) in [5.74, 6) is -1.97. The quantitative estimate of drug-likeness (QED) is 0.630. The Morgan fingerprint density at radius 1 is 1.47 bits per heavy atom. The number of carbonyl (C=O) groups excluding carboxylic acids is 1. The number of carbonyl (C=O) groups is 1. The molecule has 1 fully saturated rings. The Bertz CT molecular complexity index is 417. The molecule has 1 heterocycles. The Morgan fingerprint density at radius 2 is 2.06 bits per heavy atom. The van der Waals surface area contributed by atoms with Crippen molar-refractivity contribution in [2.45, 2.75) is 18.6 Å². The van der Waals surface area contributed by atoms with Crippen LogP contribution in [0, 0.1) is 11.6 Å². The molecule has 2 radical (unpaired) electrons. The van der Waals surface area contributed by atoms with Crippen molar-refractivity contribution in [3.63, 3.8) is 0 Å². The van der Waals surface area contributed by atoms with Crippen LogP contribution in [0.2, 0.25) is 0 Å². The molecule has 0 aromatic heterocycles. The maximum absolute atomic E-state index is 13.0. The molecule has 1 amide bonds. The van der Waals surface area contributed by atoms with Crippen molar-refractivity contribution in [2.75, 3.05) is 6.61 Å². The van der Waals surface area contributed by atoms with E-state index < -0.39 is 17.4 Å². The second-order valence-electron chi connectivity index (χ2n) is 3.97. The number of ether oxygens (including phenoxy) is 1. The lowest BCUT2D eigenvalue weighted by atomic mass is 10.0. The Kier molecular flexibility index (Phi) is 3.42. The van der Waals surface area contributed by atoms with Gasteiger partial charge in [0.05, 0.1) is 12.6 Å². The molecule has 1 aromatic carbocycles. The molecule has 2 rings (SSSR count). The van der Waals surface area contributed by atoms with Crippen LogP contribution in [0.5, 0.6) is 0 Å². The summed E-state index contributed by atoms with van der Waals surface area (Å²) < 4.78 is 31.0. The maximum atomic E-state index is 13.0. The molecule has 6 heteroatoms. The summed E-state index contributed by atoms with van der Waals surface area (Å²) in [6, 6.07) is 2.89. The first-order valence-electron chi connectivity index (χ1n) is 5.17. The molecular weight excluding hydrogens is 227 g/mol. The lowest BCUT2D eigenvalue weighted by Crippen LogP contribution is -2.39. The van der Waals surface area contributed by atoms with E-state index in [0.717, 1.165) is 6.07 Å². The van der Waals surface area contributed by atoms with E-state index >= 15 is 0 Å². The van der Waals surface area contributed by atoms with E-state index in [4.69, 9.17) is 12.6 Å². The summed E-state index contributed by atoms with van der Waals surface area (Å²) in [7, 11) is 5.02. The fraction of sp³-hybridized carbons (Fsp3) is 0.364. The number of amides is 1. The molecule has 0 spiro atoms. The van der Waals surface area contributed by atoms with Crippen molar-refractivity contribution in [1.29, 1.82) is 0 Å². The molecule has 1 N–H and O–H groups in total. The van der Waals surface area contributed by atoms with E-state index in [0.29, 0.717) is 12.2 Å². The molecule has 1 aromatic rings. The molecule has 3 nitrogen and oxygen atoms in total. The molecule has 0 aliphatic carbocycles. The van der Waals surface area contributed by atoms with Crippen molar-refractivity contribution in [3.05, 3.63) is 35.4 Å². The van der Waals surface area contributed by atoms with Gasteiger partial charge in [0.1, 0.15) is 17.7 Å². The predicted molar refractivity (Wildman–Crippen MR) is 57.9 cm³/mol. The van der Waals surface area contributed by atoms with Crippen LogP contribution in [0.25, 0.3) is 0 Å². The lowest BCUT2D eigenvalue weighted by molar-refractivity contribution is 0.251. The summed E-state index contributed by atoms with van der Waals surface area (Å²) in [5.41, 5.74) is 0.455. The standard InChI is InChI=1S/C11H10BF2NO2/c12-11(16)15-9(10-5-17-10)3-6-1-7(13)4-8(14)2-6/h1-2,4,9-10H,3,5H2,(H,15,16)/t9?,10-/m1/s1. The van der Waals surface area contributed by atoms with Crippen LogP contribution in [-0.2, 0) is 11.2 Å². The third-order valence-corrected chi connectivity index (χ3v) is 2.51. The first-order valence-corrected chi connectivity index (χ1v) is 5.17. The average molecular weight is 237 g/mol. The van der Waals surface area contributed by atoms with Crippen molar-refractivity contribution in [2.24, 2.45) is 0 Å². The maximum Gasteiger partial charge on any atom is 0.200 e. The first-order chi connectivity index (χ1) is 8.04. The first kappa shape index (κ1) is 12.0. The average Bonchev–Trinajstić information content (AvgIpc) is 2.96. The Hall–Kier alpha value is -1.43. The monoisotopic (exact) mass is 237 g/mol. The van der Waals surface area contributed by atoms with Crippen LogP contribution in [0.1, 0.15) is 5.56 Å². The number of halogens is 2. The highest BCUT2D eigenvalue weighted by atomic mass is 19.1. The third kappa shape index (κ3) is 3.52. The van der Waals surface area contributed by atoms with E-state index in [1.807, 2.05) is 0 Å². The van der Waals surface area contributed by atoms with Gasteiger partial charge in [-0.25, -0.2) is 8.78 Å². The number of benzene rings is 1. The Labute approximate surface area is 98.6 Å². The summed E-state index contributed by atoms with van der Waals surface area (Å²) in [5, 5.41) is 2.50. The molecule has 2 atom stereocenters. The van der Waals surface area contributed by atoms with Gasteiger partial charge in [0.25, 0.3) is 0 Å². The van der Waals surface area contributed by atoms with Gasteiger partial charge < -0.3 is 10.1 Å². The summed E-state index contributed by atoms with van der Waals surface area (Å²) in [4.78, 5) is 10.8. The van der Waals surface area contributed by atoms with Crippen LogP contribution >= 0.6 is 0 Å². The molecule has 1 aliphatic heterocycles. The van der Waals surface area contributed by atoms with Gasteiger partial charge in [-0.15, -0.1) is 0 Å². The number of nitrogens with one attached hydrogen (secondary N) is 1. The minimum Gasteiger partial charge on any atom is -0.371 e. The van der Waals surface area contributed by atoms with Crippen LogP contribution in [-0.4, -0.2) is 32.4 Å². The van der Waals surface area contributed by atoms with Gasteiger partial charge in [0.15, 0.2) is 5.81 Å². The third-order valence-electron chi connectivity index (χ3n) is 2.51. The Balaban J connectivity index is 2.08. The van der Waals surface area contributed by atoms with Crippen molar-refractivity contribution in [3.8, 4) is 0 Å². The van der Waals surface area contributed by atoms with Gasteiger partial charge in [-0.3, -0.25) is 4.79 Å². The normalized spacial score (nSPS) is 19.8. The topological polar surface area (TPSA) is 41.6 Å². The van der Waals surface area contributed by atoms with E-state index in [9.17, 15) is 13.6 Å². The molecule has 1 saturated heterocycles. The highest BCUT2D eigenvalue weighted by molar-refractivity contribution is 6.57. The summed E-state index contributed by atoms with van der Waals surface area (Å²) >= 11 is 0. The van der Waals surface area contributed by atoms with Crippen molar-refractivity contribution < 1.29 is 18.3 Å². The second kappa shape index (κ2) is 4.83. The van der Waals surface area contributed by atoms with Gasteiger partial charge in [0, 0.05) is 6.07 Å². The number of hydrogen-bond donors (Lipinski definition) is 1. The van der Waals surface area contributed by atoms with E-state index in [1.165, 1.54) is 12.1 Å². The fourth-order valence-electron chi connectivity index (χ4n) is 1.73. The minimum atomic E-state index is -0.678. The van der Waals surface area contributed by atoms with Gasteiger partial charge >= 0.3 is 0 Å². The molecule has 88 valence electrons. The zero-order valence-electron chi connectivity index (χ0n) is 8.95. The van der Waals surface area contributed by atoms with Gasteiger partial charge in [-0.05, 0) is 24.1 Å². The van der Waals surface area contributed by atoms with E-state index in [2.05, 4.69) is 5.32 Å². The van der Waals surface area contributed by atoms with Gasteiger partial charge in [0.2, 0.25) is 7.85 Å². The van der Waals surface area contributed by atoms with Gasteiger partial charge in [-0.1, -0.05) is 0 Å². The molecular formula is C11H10BF2NO2. The summed E-state index contributed by atoms with van der Waals surface area (Å²) in [6.07, 6.45) is 0.149. The van der Waals surface area contributed by atoms with Gasteiger partial charge in [-0.2, -0.15) is 0 Å². The predicted octanol–water partition coefficient (Wildman–Crippen LogP) is 1.15. The molecule has 1 unspecified atom stereocenters. The lowest BCUT2D eigenvalue weighted by Gasteiger charge is -2.16. The zero-order valence-corrected chi connectivity index (χ0v) is 8.95. The van der Waals surface area contributed by atoms with Crippen LogP contribution in [0.15, 0.2) is 18.2 Å². The highest BCUT2D eigenvalue weighted by Gasteiger charge is 2.33. The minimum absolute atomic E-state index is 0.131. The van der Waals surface area contributed by atoms with Crippen LogP contribution in [0.3, 0.4) is 0 Å². The largest absolute Gasteiger partial charge is 0.371 e. The van der Waals surface area contributed by atoms with E-state index in [1.54, 1.807) is 0 Å². The molecule has 1 aliphatic rings. The van der Waals surface area contributed by atoms with Crippen LogP contribution < -0.4 is 5.32 Å². The molecule has 17 heavy (non-hydrogen) atoms. The number of rotatable bonds is 4. The van der Waals surface area contributed by atoms with Crippen LogP contribution in [0.4, 0.5) is 13.6 Å². The smallest absolute Gasteiger partial charge is 0.200 e. The van der Waals surface area contributed by atoms with Crippen molar-refractivity contribution >= 4 is 13.7 Å². The highest BCUT2D eigenvalue weighted by Crippen LogP contribution is 2.19. The fourth-order valence-corrected chi connectivity index (χ4v) is 1.73.